The molecule has 7 heteroatoms. The van der Waals surface area contributed by atoms with E-state index in [2.05, 4.69) is 10.6 Å². The van der Waals surface area contributed by atoms with Crippen LogP contribution < -0.4 is 10.6 Å². The van der Waals surface area contributed by atoms with Crippen LogP contribution in [0.25, 0.3) is 0 Å². The first-order chi connectivity index (χ1) is 16.4. The van der Waals surface area contributed by atoms with E-state index in [0.717, 1.165) is 11.1 Å². The number of benzene rings is 3. The van der Waals surface area contributed by atoms with Crippen LogP contribution in [0.15, 0.2) is 84.9 Å². The molecule has 0 aliphatic rings. The Balaban J connectivity index is 1.96. The van der Waals surface area contributed by atoms with Gasteiger partial charge >= 0.3 is 5.97 Å². The molecule has 0 aliphatic heterocycles. The van der Waals surface area contributed by atoms with Crippen molar-refractivity contribution in [2.24, 2.45) is 0 Å². The fraction of sp³-hybridized carbons (Fsp3) is 0.222. The van der Waals surface area contributed by atoms with Crippen molar-refractivity contribution in [3.05, 3.63) is 107 Å². The first-order valence-electron chi connectivity index (χ1n) is 10.9. The summed E-state index contributed by atoms with van der Waals surface area (Å²) in [5.41, 5.74) is 1.87. The molecule has 2 N–H and O–H groups in total. The number of nitrogens with one attached hydrogen (secondary N) is 2. The lowest BCUT2D eigenvalue weighted by Crippen LogP contribution is -2.54. The number of hydrogen-bond acceptors (Lipinski definition) is 4. The molecule has 0 saturated heterocycles. The topological polar surface area (TPSA) is 84.5 Å². The minimum absolute atomic E-state index is 0.0761. The molecule has 3 aromatic rings. The number of hydrogen-bond donors (Lipinski definition) is 2. The molecule has 176 valence electrons. The highest BCUT2D eigenvalue weighted by Crippen LogP contribution is 2.29. The molecule has 0 saturated carbocycles. The summed E-state index contributed by atoms with van der Waals surface area (Å²) >= 11 is 0. The van der Waals surface area contributed by atoms with E-state index in [4.69, 9.17) is 4.74 Å². The maximum Gasteiger partial charge on any atom is 0.329 e. The average molecular weight is 463 g/mol. The SMILES string of the molecule is COC(=O)[C@H](NC(=O)[C@@H](Cc1ccccc1F)NC(C)=O)C(c1ccccc1)c1ccccc1. The number of carbonyl (C=O) groups excluding carboxylic acids is 3. The summed E-state index contributed by atoms with van der Waals surface area (Å²) in [5.74, 6) is -2.75. The van der Waals surface area contributed by atoms with Gasteiger partial charge in [-0.25, -0.2) is 9.18 Å². The van der Waals surface area contributed by atoms with Crippen molar-refractivity contribution in [2.75, 3.05) is 7.11 Å². The van der Waals surface area contributed by atoms with Gasteiger partial charge in [-0.1, -0.05) is 78.9 Å². The van der Waals surface area contributed by atoms with Crippen molar-refractivity contribution in [2.45, 2.75) is 31.3 Å². The van der Waals surface area contributed by atoms with Gasteiger partial charge in [0, 0.05) is 19.3 Å². The lowest BCUT2D eigenvalue weighted by Gasteiger charge is -2.29. The van der Waals surface area contributed by atoms with E-state index in [1.54, 1.807) is 18.2 Å². The van der Waals surface area contributed by atoms with E-state index in [9.17, 15) is 18.8 Å². The fourth-order valence-electron chi connectivity index (χ4n) is 3.90. The van der Waals surface area contributed by atoms with Crippen molar-refractivity contribution < 1.29 is 23.5 Å². The van der Waals surface area contributed by atoms with Crippen molar-refractivity contribution in [3.8, 4) is 0 Å². The molecular weight excluding hydrogens is 435 g/mol. The number of esters is 1. The van der Waals surface area contributed by atoms with Crippen LogP contribution in [0.4, 0.5) is 4.39 Å². The highest BCUT2D eigenvalue weighted by atomic mass is 19.1. The summed E-state index contributed by atoms with van der Waals surface area (Å²) in [6.07, 6.45) is -0.0761. The molecule has 34 heavy (non-hydrogen) atoms. The second-order valence-corrected chi connectivity index (χ2v) is 7.86. The highest BCUT2D eigenvalue weighted by molar-refractivity contribution is 5.91. The number of halogens is 1. The molecule has 0 fully saturated rings. The van der Waals surface area contributed by atoms with E-state index >= 15 is 0 Å². The first kappa shape index (κ1) is 24.6. The van der Waals surface area contributed by atoms with Gasteiger partial charge in [-0.2, -0.15) is 0 Å². The van der Waals surface area contributed by atoms with Gasteiger partial charge in [0.05, 0.1) is 7.11 Å². The van der Waals surface area contributed by atoms with Crippen molar-refractivity contribution in [1.29, 1.82) is 0 Å². The molecule has 0 spiro atoms. The number of rotatable bonds is 9. The van der Waals surface area contributed by atoms with E-state index in [1.165, 1.54) is 20.1 Å². The quantitative estimate of drug-likeness (QED) is 0.478. The number of amides is 2. The summed E-state index contributed by atoms with van der Waals surface area (Å²) in [6.45, 7) is 1.27. The van der Waals surface area contributed by atoms with Gasteiger partial charge in [0.15, 0.2) is 0 Å². The average Bonchev–Trinajstić information content (AvgIpc) is 2.85. The van der Waals surface area contributed by atoms with E-state index in [0.29, 0.717) is 0 Å². The van der Waals surface area contributed by atoms with Gasteiger partial charge in [-0.05, 0) is 22.8 Å². The Morgan fingerprint density at radius 3 is 1.85 bits per heavy atom. The minimum Gasteiger partial charge on any atom is -0.467 e. The normalized spacial score (nSPS) is 12.5. The number of carbonyl (C=O) groups is 3. The Bertz CT molecular complexity index is 1080. The second kappa shape index (κ2) is 11.7. The third kappa shape index (κ3) is 6.28. The van der Waals surface area contributed by atoms with Gasteiger partial charge in [0.1, 0.15) is 17.9 Å². The molecule has 0 unspecified atom stereocenters. The summed E-state index contributed by atoms with van der Waals surface area (Å²) in [7, 11) is 1.25. The van der Waals surface area contributed by atoms with Crippen LogP contribution in [0, 0.1) is 5.82 Å². The molecule has 3 aromatic carbocycles. The van der Waals surface area contributed by atoms with Crippen LogP contribution in [-0.2, 0) is 25.5 Å². The zero-order valence-corrected chi connectivity index (χ0v) is 19.0. The lowest BCUT2D eigenvalue weighted by molar-refractivity contribution is -0.145. The third-order valence-electron chi connectivity index (χ3n) is 5.48. The fourth-order valence-corrected chi connectivity index (χ4v) is 3.90. The molecule has 6 nitrogen and oxygen atoms in total. The molecule has 0 aliphatic carbocycles. The van der Waals surface area contributed by atoms with E-state index < -0.39 is 41.6 Å². The van der Waals surface area contributed by atoms with Crippen LogP contribution in [0.2, 0.25) is 0 Å². The lowest BCUT2D eigenvalue weighted by atomic mass is 9.84. The number of ether oxygens (including phenoxy) is 1. The van der Waals surface area contributed by atoms with Crippen LogP contribution in [0.1, 0.15) is 29.5 Å². The largest absolute Gasteiger partial charge is 0.467 e. The Kier molecular flexibility index (Phi) is 8.51. The molecule has 2 amide bonds. The van der Waals surface area contributed by atoms with Gasteiger partial charge in [0.2, 0.25) is 11.8 Å². The van der Waals surface area contributed by atoms with Crippen molar-refractivity contribution in [1.82, 2.24) is 10.6 Å². The molecule has 0 aromatic heterocycles. The molecule has 3 rings (SSSR count). The highest BCUT2D eigenvalue weighted by Gasteiger charge is 2.35. The zero-order chi connectivity index (χ0) is 24.5. The number of methoxy groups -OCH3 is 1. The van der Waals surface area contributed by atoms with Crippen LogP contribution >= 0.6 is 0 Å². The van der Waals surface area contributed by atoms with Gasteiger partial charge in [0.25, 0.3) is 0 Å². The standard InChI is InChI=1S/C27H27FN2O4/c1-18(31)29-23(17-21-15-9-10-16-22(21)28)26(32)30-25(27(33)34-2)24(19-11-5-3-6-12-19)20-13-7-4-8-14-20/h3-16,23-25H,17H2,1-2H3,(H,29,31)(H,30,32)/t23-,25-/m1/s1. The minimum atomic E-state index is -1.09. The molecular formula is C27H27FN2O4. The van der Waals surface area contributed by atoms with Gasteiger partial charge in [-0.15, -0.1) is 0 Å². The Labute approximate surface area is 198 Å². The molecule has 0 heterocycles. The van der Waals surface area contributed by atoms with Crippen LogP contribution in [-0.4, -0.2) is 37.0 Å². The Hall–Kier alpha value is -4.00. The molecule has 2 atom stereocenters. The summed E-state index contributed by atoms with van der Waals surface area (Å²) in [5, 5.41) is 5.33. The smallest absolute Gasteiger partial charge is 0.329 e. The monoisotopic (exact) mass is 462 g/mol. The van der Waals surface area contributed by atoms with Crippen molar-refractivity contribution in [3.63, 3.8) is 0 Å². The summed E-state index contributed by atoms with van der Waals surface area (Å²) in [6, 6.07) is 22.4. The summed E-state index contributed by atoms with van der Waals surface area (Å²) < 4.78 is 19.3. The third-order valence-corrected chi connectivity index (χ3v) is 5.48. The van der Waals surface area contributed by atoms with Crippen LogP contribution in [0.3, 0.4) is 0 Å². The summed E-state index contributed by atoms with van der Waals surface area (Å²) in [4.78, 5) is 38.1. The molecule has 0 radical (unpaired) electrons. The molecule has 0 bridgehead atoms. The van der Waals surface area contributed by atoms with Gasteiger partial charge < -0.3 is 15.4 Å². The predicted octanol–water partition coefficient (Wildman–Crippen LogP) is 3.36. The predicted molar refractivity (Wildman–Crippen MR) is 126 cm³/mol. The van der Waals surface area contributed by atoms with E-state index in [1.807, 2.05) is 60.7 Å². The van der Waals surface area contributed by atoms with Gasteiger partial charge in [-0.3, -0.25) is 9.59 Å². The Morgan fingerprint density at radius 1 is 0.824 bits per heavy atom. The second-order valence-electron chi connectivity index (χ2n) is 7.86. The zero-order valence-electron chi connectivity index (χ0n) is 19.0. The van der Waals surface area contributed by atoms with Crippen LogP contribution in [0.5, 0.6) is 0 Å². The van der Waals surface area contributed by atoms with Crippen molar-refractivity contribution >= 4 is 17.8 Å². The Morgan fingerprint density at radius 2 is 1.35 bits per heavy atom. The van der Waals surface area contributed by atoms with E-state index in [-0.39, 0.29) is 12.0 Å². The maximum absolute atomic E-state index is 14.2. The first-order valence-corrected chi connectivity index (χ1v) is 10.9. The maximum atomic E-state index is 14.2.